The lowest BCUT2D eigenvalue weighted by Gasteiger charge is -2.30. The Bertz CT molecular complexity index is 176. The van der Waals surface area contributed by atoms with E-state index in [0.29, 0.717) is 12.1 Å². The molecule has 3 atom stereocenters. The molecule has 2 aliphatic heterocycles. The Hall–Kier alpha value is 0.270. The van der Waals surface area contributed by atoms with Crippen LogP contribution in [0.25, 0.3) is 0 Å². The van der Waals surface area contributed by atoms with Gasteiger partial charge in [-0.1, -0.05) is 6.92 Å². The third kappa shape index (κ3) is 3.36. The molecule has 88 valence electrons. The highest BCUT2D eigenvalue weighted by molar-refractivity contribution is 7.99. The van der Waals surface area contributed by atoms with Gasteiger partial charge in [-0.15, -0.1) is 0 Å². The zero-order chi connectivity index (χ0) is 10.5. The van der Waals surface area contributed by atoms with Gasteiger partial charge >= 0.3 is 0 Å². The van der Waals surface area contributed by atoms with E-state index in [1.54, 1.807) is 0 Å². The van der Waals surface area contributed by atoms with Gasteiger partial charge in [0.05, 0.1) is 6.10 Å². The summed E-state index contributed by atoms with van der Waals surface area (Å²) in [5.41, 5.74) is 0. The lowest BCUT2D eigenvalue weighted by molar-refractivity contribution is 0.0732. The van der Waals surface area contributed by atoms with Crippen LogP contribution in [-0.4, -0.2) is 36.3 Å². The fourth-order valence-electron chi connectivity index (χ4n) is 2.58. The molecule has 2 heterocycles. The molecule has 0 aromatic rings. The predicted octanol–water partition coefficient (Wildman–Crippen LogP) is 2.43. The number of nitrogens with one attached hydrogen (secondary N) is 1. The SMILES string of the molecule is CC[C@H](N[C@H]1CCCSC1)[C@@H]1CCCO1. The van der Waals surface area contributed by atoms with Crippen LogP contribution in [0.1, 0.15) is 39.0 Å². The lowest BCUT2D eigenvalue weighted by atomic mass is 10.0. The van der Waals surface area contributed by atoms with E-state index >= 15 is 0 Å². The zero-order valence-electron chi connectivity index (χ0n) is 9.71. The average Bonchev–Trinajstić information content (AvgIpc) is 2.81. The number of hydrogen-bond donors (Lipinski definition) is 1. The molecule has 1 N–H and O–H groups in total. The second-order valence-electron chi connectivity index (χ2n) is 4.65. The maximum Gasteiger partial charge on any atom is 0.0728 e. The lowest BCUT2D eigenvalue weighted by Crippen LogP contribution is -2.46. The van der Waals surface area contributed by atoms with Crippen molar-refractivity contribution in [2.24, 2.45) is 0 Å². The van der Waals surface area contributed by atoms with Gasteiger partial charge in [-0.3, -0.25) is 0 Å². The Labute approximate surface area is 97.5 Å². The molecule has 2 fully saturated rings. The molecule has 0 saturated carbocycles. The second-order valence-corrected chi connectivity index (χ2v) is 5.80. The van der Waals surface area contributed by atoms with Crippen LogP contribution >= 0.6 is 11.8 Å². The first-order valence-electron chi connectivity index (χ1n) is 6.35. The topological polar surface area (TPSA) is 21.3 Å². The van der Waals surface area contributed by atoms with E-state index in [1.165, 1.54) is 43.6 Å². The van der Waals surface area contributed by atoms with Gasteiger partial charge in [-0.2, -0.15) is 11.8 Å². The van der Waals surface area contributed by atoms with Gasteiger partial charge in [0.15, 0.2) is 0 Å². The maximum absolute atomic E-state index is 5.78. The van der Waals surface area contributed by atoms with Gasteiger partial charge in [0.25, 0.3) is 0 Å². The van der Waals surface area contributed by atoms with Crippen molar-refractivity contribution in [2.75, 3.05) is 18.1 Å². The van der Waals surface area contributed by atoms with Crippen molar-refractivity contribution >= 4 is 11.8 Å². The number of thioether (sulfide) groups is 1. The molecular weight excluding hydrogens is 206 g/mol. The van der Waals surface area contributed by atoms with Crippen LogP contribution in [0, 0.1) is 0 Å². The number of rotatable bonds is 4. The molecule has 0 aliphatic carbocycles. The van der Waals surface area contributed by atoms with E-state index in [0.717, 1.165) is 12.6 Å². The molecule has 0 bridgehead atoms. The fraction of sp³-hybridized carbons (Fsp3) is 1.00. The molecule has 2 saturated heterocycles. The molecular formula is C12H23NOS. The predicted molar refractivity (Wildman–Crippen MR) is 66.5 cm³/mol. The van der Waals surface area contributed by atoms with Crippen LogP contribution < -0.4 is 5.32 Å². The summed E-state index contributed by atoms with van der Waals surface area (Å²) in [7, 11) is 0. The Morgan fingerprint density at radius 3 is 2.93 bits per heavy atom. The molecule has 2 aliphatic rings. The molecule has 2 rings (SSSR count). The van der Waals surface area contributed by atoms with Gasteiger partial charge < -0.3 is 10.1 Å². The van der Waals surface area contributed by atoms with Crippen LogP contribution in [0.4, 0.5) is 0 Å². The smallest absolute Gasteiger partial charge is 0.0728 e. The first kappa shape index (κ1) is 11.7. The maximum atomic E-state index is 5.78. The van der Waals surface area contributed by atoms with Gasteiger partial charge in [0.1, 0.15) is 0 Å². The Balaban J connectivity index is 1.78. The van der Waals surface area contributed by atoms with Gasteiger partial charge in [-0.25, -0.2) is 0 Å². The minimum absolute atomic E-state index is 0.488. The van der Waals surface area contributed by atoms with Crippen molar-refractivity contribution in [3.63, 3.8) is 0 Å². The minimum atomic E-state index is 0.488. The average molecular weight is 229 g/mol. The number of ether oxygens (including phenoxy) is 1. The van der Waals surface area contributed by atoms with E-state index in [4.69, 9.17) is 4.74 Å². The third-order valence-electron chi connectivity index (χ3n) is 3.46. The van der Waals surface area contributed by atoms with Gasteiger partial charge in [0.2, 0.25) is 0 Å². The standard InChI is InChI=1S/C12H23NOS/c1-2-11(12-6-3-7-14-12)13-10-5-4-8-15-9-10/h10-13H,2-9H2,1H3/t10-,11-,12-/m0/s1. The minimum Gasteiger partial charge on any atom is -0.377 e. The first-order chi connectivity index (χ1) is 7.40. The first-order valence-corrected chi connectivity index (χ1v) is 7.51. The van der Waals surface area contributed by atoms with Crippen molar-refractivity contribution in [3.8, 4) is 0 Å². The van der Waals surface area contributed by atoms with Gasteiger partial charge in [0, 0.05) is 24.4 Å². The molecule has 15 heavy (non-hydrogen) atoms. The summed E-state index contributed by atoms with van der Waals surface area (Å²) in [4.78, 5) is 0. The summed E-state index contributed by atoms with van der Waals surface area (Å²) in [6, 6.07) is 1.33. The summed E-state index contributed by atoms with van der Waals surface area (Å²) in [6.07, 6.45) is 6.93. The van der Waals surface area contributed by atoms with Crippen LogP contribution in [0.5, 0.6) is 0 Å². The summed E-state index contributed by atoms with van der Waals surface area (Å²) in [5, 5.41) is 3.80. The molecule has 0 spiro atoms. The summed E-state index contributed by atoms with van der Waals surface area (Å²) >= 11 is 2.09. The molecule has 0 aromatic heterocycles. The van der Waals surface area contributed by atoms with Crippen LogP contribution in [0.15, 0.2) is 0 Å². The molecule has 0 unspecified atom stereocenters. The normalized spacial score (nSPS) is 34.2. The molecule has 0 amide bonds. The van der Waals surface area contributed by atoms with E-state index in [9.17, 15) is 0 Å². The van der Waals surface area contributed by atoms with E-state index in [-0.39, 0.29) is 0 Å². The van der Waals surface area contributed by atoms with Crippen LogP contribution in [-0.2, 0) is 4.74 Å². The fourth-order valence-corrected chi connectivity index (χ4v) is 3.67. The van der Waals surface area contributed by atoms with E-state index in [1.807, 2.05) is 0 Å². The van der Waals surface area contributed by atoms with Crippen molar-refractivity contribution in [1.29, 1.82) is 0 Å². The van der Waals surface area contributed by atoms with Crippen LogP contribution in [0.3, 0.4) is 0 Å². The Morgan fingerprint density at radius 2 is 2.33 bits per heavy atom. The largest absolute Gasteiger partial charge is 0.377 e. The third-order valence-corrected chi connectivity index (χ3v) is 4.68. The highest BCUT2D eigenvalue weighted by Crippen LogP contribution is 2.21. The summed E-state index contributed by atoms with van der Waals surface area (Å²) in [6.45, 7) is 3.25. The molecule has 2 nitrogen and oxygen atoms in total. The zero-order valence-corrected chi connectivity index (χ0v) is 10.5. The highest BCUT2D eigenvalue weighted by Gasteiger charge is 2.26. The molecule has 3 heteroatoms. The highest BCUT2D eigenvalue weighted by atomic mass is 32.2. The second kappa shape index (κ2) is 6.12. The van der Waals surface area contributed by atoms with Crippen molar-refractivity contribution in [3.05, 3.63) is 0 Å². The molecule has 0 aromatic carbocycles. The van der Waals surface area contributed by atoms with Gasteiger partial charge in [-0.05, 0) is 37.9 Å². The van der Waals surface area contributed by atoms with Crippen molar-refractivity contribution in [1.82, 2.24) is 5.32 Å². The van der Waals surface area contributed by atoms with Crippen molar-refractivity contribution < 1.29 is 4.74 Å². The van der Waals surface area contributed by atoms with E-state index < -0.39 is 0 Å². The summed E-state index contributed by atoms with van der Waals surface area (Å²) < 4.78 is 5.78. The van der Waals surface area contributed by atoms with Crippen LogP contribution in [0.2, 0.25) is 0 Å². The molecule has 0 radical (unpaired) electrons. The Morgan fingerprint density at radius 1 is 1.40 bits per heavy atom. The number of hydrogen-bond acceptors (Lipinski definition) is 3. The summed E-state index contributed by atoms with van der Waals surface area (Å²) in [5.74, 6) is 2.65. The monoisotopic (exact) mass is 229 g/mol. The van der Waals surface area contributed by atoms with Crippen molar-refractivity contribution in [2.45, 2.75) is 57.2 Å². The quantitative estimate of drug-likeness (QED) is 0.800. The Kier molecular flexibility index (Phi) is 4.79. The van der Waals surface area contributed by atoms with E-state index in [2.05, 4.69) is 24.0 Å².